The molecule has 2 aromatic rings. The summed E-state index contributed by atoms with van der Waals surface area (Å²) in [6.07, 6.45) is 0. The molecule has 0 fully saturated rings. The van der Waals surface area contributed by atoms with E-state index < -0.39 is 0 Å². The minimum Gasteiger partial charge on any atom is -0.352 e. The summed E-state index contributed by atoms with van der Waals surface area (Å²) in [5.41, 5.74) is 0.793. The normalized spacial score (nSPS) is 10.9. The van der Waals surface area contributed by atoms with Crippen LogP contribution in [0.2, 0.25) is 0 Å². The fourth-order valence-electron chi connectivity index (χ4n) is 1.55. The predicted molar refractivity (Wildman–Crippen MR) is 69.0 cm³/mol. The van der Waals surface area contributed by atoms with Crippen molar-refractivity contribution >= 4 is 27.3 Å². The second-order valence-corrected chi connectivity index (χ2v) is 5.16. The van der Waals surface area contributed by atoms with Crippen LogP contribution in [0.25, 0.3) is 10.1 Å². The molecule has 1 aromatic heterocycles. The van der Waals surface area contributed by atoms with E-state index in [1.807, 2.05) is 29.6 Å². The van der Waals surface area contributed by atoms with Crippen molar-refractivity contribution in [3.63, 3.8) is 0 Å². The van der Waals surface area contributed by atoms with Crippen LogP contribution in [0, 0.1) is 5.92 Å². The molecule has 0 aliphatic rings. The van der Waals surface area contributed by atoms with Crippen molar-refractivity contribution in [2.24, 2.45) is 5.92 Å². The van der Waals surface area contributed by atoms with Gasteiger partial charge in [0.25, 0.3) is 5.91 Å². The van der Waals surface area contributed by atoms with Crippen LogP contribution >= 0.6 is 11.3 Å². The number of hydrogen-bond donors (Lipinski definition) is 1. The summed E-state index contributed by atoms with van der Waals surface area (Å²) in [7, 11) is 0. The van der Waals surface area contributed by atoms with Gasteiger partial charge in [0.1, 0.15) is 0 Å². The Labute approximate surface area is 99.3 Å². The average Bonchev–Trinajstić information content (AvgIpc) is 2.69. The van der Waals surface area contributed by atoms with Crippen molar-refractivity contribution < 1.29 is 4.79 Å². The SMILES string of the molecule is CC(C)CNC(=O)c1csc2ccccc12. The Bertz CT molecular complexity index is 501. The zero-order valence-corrected chi connectivity index (χ0v) is 10.3. The molecule has 0 spiro atoms. The number of fused-ring (bicyclic) bond motifs is 1. The maximum atomic E-state index is 11.9. The average molecular weight is 233 g/mol. The lowest BCUT2D eigenvalue weighted by molar-refractivity contribution is 0.0951. The van der Waals surface area contributed by atoms with Crippen molar-refractivity contribution in [3.05, 3.63) is 35.2 Å². The van der Waals surface area contributed by atoms with Gasteiger partial charge in [-0.25, -0.2) is 0 Å². The highest BCUT2D eigenvalue weighted by Crippen LogP contribution is 2.25. The van der Waals surface area contributed by atoms with Gasteiger partial charge < -0.3 is 5.32 Å². The fourth-order valence-corrected chi connectivity index (χ4v) is 2.49. The molecule has 1 amide bonds. The van der Waals surface area contributed by atoms with Gasteiger partial charge in [-0.05, 0) is 12.0 Å². The minimum absolute atomic E-state index is 0.0335. The third kappa shape index (κ3) is 2.25. The third-order valence-corrected chi connectivity index (χ3v) is 3.36. The maximum absolute atomic E-state index is 11.9. The molecule has 84 valence electrons. The van der Waals surface area contributed by atoms with Crippen molar-refractivity contribution in [1.29, 1.82) is 0 Å². The topological polar surface area (TPSA) is 29.1 Å². The Morgan fingerprint density at radius 3 is 2.88 bits per heavy atom. The van der Waals surface area contributed by atoms with Crippen LogP contribution in [0.1, 0.15) is 24.2 Å². The lowest BCUT2D eigenvalue weighted by Crippen LogP contribution is -2.26. The molecule has 0 bridgehead atoms. The van der Waals surface area contributed by atoms with Gasteiger partial charge in [-0.1, -0.05) is 32.0 Å². The predicted octanol–water partition coefficient (Wildman–Crippen LogP) is 3.29. The Hall–Kier alpha value is -1.35. The van der Waals surface area contributed by atoms with E-state index in [-0.39, 0.29) is 5.91 Å². The third-order valence-electron chi connectivity index (χ3n) is 2.40. The van der Waals surface area contributed by atoms with Gasteiger partial charge in [0.15, 0.2) is 0 Å². The van der Waals surface area contributed by atoms with E-state index in [0.717, 1.165) is 22.2 Å². The summed E-state index contributed by atoms with van der Waals surface area (Å²) in [5.74, 6) is 0.514. The molecule has 16 heavy (non-hydrogen) atoms. The highest BCUT2D eigenvalue weighted by atomic mass is 32.1. The van der Waals surface area contributed by atoms with Gasteiger partial charge in [-0.2, -0.15) is 0 Å². The first-order valence-corrected chi connectivity index (χ1v) is 6.31. The number of carbonyl (C=O) groups excluding carboxylic acids is 1. The number of rotatable bonds is 3. The molecule has 2 rings (SSSR count). The monoisotopic (exact) mass is 233 g/mol. The van der Waals surface area contributed by atoms with Gasteiger partial charge in [0, 0.05) is 22.0 Å². The number of benzene rings is 1. The molecule has 1 N–H and O–H groups in total. The number of amides is 1. The summed E-state index contributed by atoms with van der Waals surface area (Å²) in [4.78, 5) is 11.9. The van der Waals surface area contributed by atoms with Gasteiger partial charge in [-0.3, -0.25) is 4.79 Å². The maximum Gasteiger partial charge on any atom is 0.252 e. The van der Waals surface area contributed by atoms with E-state index in [2.05, 4.69) is 19.2 Å². The lowest BCUT2D eigenvalue weighted by atomic mass is 10.1. The van der Waals surface area contributed by atoms with E-state index in [9.17, 15) is 4.79 Å². The van der Waals surface area contributed by atoms with E-state index >= 15 is 0 Å². The van der Waals surface area contributed by atoms with Crippen LogP contribution in [0.4, 0.5) is 0 Å². The second kappa shape index (κ2) is 4.66. The molecule has 0 radical (unpaired) electrons. The Kier molecular flexibility index (Phi) is 3.25. The Morgan fingerprint density at radius 2 is 2.12 bits per heavy atom. The number of thiophene rings is 1. The molecule has 1 heterocycles. The van der Waals surface area contributed by atoms with Gasteiger partial charge in [-0.15, -0.1) is 11.3 Å². The van der Waals surface area contributed by atoms with E-state index in [1.54, 1.807) is 11.3 Å². The van der Waals surface area contributed by atoms with Gasteiger partial charge in [0.2, 0.25) is 0 Å². The first-order valence-electron chi connectivity index (χ1n) is 5.43. The Balaban J connectivity index is 2.23. The summed E-state index contributed by atoms with van der Waals surface area (Å²) in [5, 5.41) is 5.93. The first-order chi connectivity index (χ1) is 7.68. The van der Waals surface area contributed by atoms with Crippen LogP contribution < -0.4 is 5.32 Å². The molecule has 0 atom stereocenters. The zero-order valence-electron chi connectivity index (χ0n) is 9.49. The lowest BCUT2D eigenvalue weighted by Gasteiger charge is -2.06. The van der Waals surface area contributed by atoms with Gasteiger partial charge >= 0.3 is 0 Å². The molecular weight excluding hydrogens is 218 g/mol. The van der Waals surface area contributed by atoms with Crippen LogP contribution in [0.5, 0.6) is 0 Å². The summed E-state index contributed by atoms with van der Waals surface area (Å²) in [6, 6.07) is 8.00. The van der Waals surface area contributed by atoms with E-state index in [1.165, 1.54) is 0 Å². The fraction of sp³-hybridized carbons (Fsp3) is 0.308. The van der Waals surface area contributed by atoms with Crippen LogP contribution in [0.15, 0.2) is 29.6 Å². The quantitative estimate of drug-likeness (QED) is 0.866. The molecule has 0 saturated carbocycles. The first kappa shape index (κ1) is 11.1. The van der Waals surface area contributed by atoms with Crippen molar-refractivity contribution in [2.75, 3.05) is 6.54 Å². The largest absolute Gasteiger partial charge is 0.352 e. The molecule has 0 aliphatic heterocycles. The standard InChI is InChI=1S/C13H15NOS/c1-9(2)7-14-13(15)11-8-16-12-6-4-3-5-10(11)12/h3-6,8-9H,7H2,1-2H3,(H,14,15). The van der Waals surface area contributed by atoms with Crippen LogP contribution in [-0.4, -0.2) is 12.5 Å². The van der Waals surface area contributed by atoms with E-state index in [4.69, 9.17) is 0 Å². The Morgan fingerprint density at radius 1 is 1.38 bits per heavy atom. The number of carbonyl (C=O) groups is 1. The molecule has 0 saturated heterocycles. The minimum atomic E-state index is 0.0335. The highest BCUT2D eigenvalue weighted by Gasteiger charge is 2.11. The molecule has 1 aromatic carbocycles. The second-order valence-electron chi connectivity index (χ2n) is 4.25. The van der Waals surface area contributed by atoms with Crippen molar-refractivity contribution in [3.8, 4) is 0 Å². The highest BCUT2D eigenvalue weighted by molar-refractivity contribution is 7.17. The van der Waals surface area contributed by atoms with Crippen LogP contribution in [0.3, 0.4) is 0 Å². The molecule has 3 heteroatoms. The zero-order chi connectivity index (χ0) is 11.5. The molecular formula is C13H15NOS. The van der Waals surface area contributed by atoms with Crippen molar-refractivity contribution in [2.45, 2.75) is 13.8 Å². The smallest absolute Gasteiger partial charge is 0.252 e. The molecule has 0 unspecified atom stereocenters. The van der Waals surface area contributed by atoms with E-state index in [0.29, 0.717) is 5.92 Å². The summed E-state index contributed by atoms with van der Waals surface area (Å²) >= 11 is 1.62. The summed E-state index contributed by atoms with van der Waals surface area (Å²) in [6.45, 7) is 4.90. The summed E-state index contributed by atoms with van der Waals surface area (Å²) < 4.78 is 1.16. The number of nitrogens with one attached hydrogen (secondary N) is 1. The van der Waals surface area contributed by atoms with Crippen LogP contribution in [-0.2, 0) is 0 Å². The molecule has 0 aliphatic carbocycles. The van der Waals surface area contributed by atoms with Gasteiger partial charge in [0.05, 0.1) is 5.56 Å². The van der Waals surface area contributed by atoms with Crippen molar-refractivity contribution in [1.82, 2.24) is 5.32 Å². The number of hydrogen-bond acceptors (Lipinski definition) is 2. The molecule has 2 nitrogen and oxygen atoms in total.